The molecular formula is C15H17FN2O3S. The second-order valence-electron chi connectivity index (χ2n) is 4.95. The molecule has 0 spiro atoms. The molecule has 0 bridgehead atoms. The van der Waals surface area contributed by atoms with Gasteiger partial charge < -0.3 is 10.8 Å². The van der Waals surface area contributed by atoms with Crippen molar-refractivity contribution in [1.82, 2.24) is 0 Å². The Morgan fingerprint density at radius 1 is 1.00 bits per heavy atom. The van der Waals surface area contributed by atoms with Crippen LogP contribution in [-0.4, -0.2) is 26.2 Å². The van der Waals surface area contributed by atoms with Crippen LogP contribution in [0.25, 0.3) is 11.1 Å². The number of aliphatic hydroxyl groups is 1. The van der Waals surface area contributed by atoms with Gasteiger partial charge in [0, 0.05) is 0 Å². The summed E-state index contributed by atoms with van der Waals surface area (Å²) in [7, 11) is -3.71. The summed E-state index contributed by atoms with van der Waals surface area (Å²) < 4.78 is 34.9. The molecule has 0 saturated heterocycles. The van der Waals surface area contributed by atoms with E-state index in [2.05, 4.69) is 0 Å². The molecule has 2 aromatic carbocycles. The highest BCUT2D eigenvalue weighted by Gasteiger charge is 2.16. The van der Waals surface area contributed by atoms with Gasteiger partial charge in [0.25, 0.3) is 0 Å². The molecule has 0 aliphatic carbocycles. The molecule has 2 aromatic rings. The fourth-order valence-electron chi connectivity index (χ4n) is 2.04. The van der Waals surface area contributed by atoms with Gasteiger partial charge in [-0.2, -0.15) is 0 Å². The zero-order valence-corrected chi connectivity index (χ0v) is 12.5. The van der Waals surface area contributed by atoms with E-state index in [9.17, 15) is 17.9 Å². The van der Waals surface area contributed by atoms with E-state index in [1.54, 1.807) is 36.4 Å². The second-order valence-corrected chi connectivity index (χ2v) is 6.52. The van der Waals surface area contributed by atoms with Crippen LogP contribution in [0, 0.1) is 0 Å². The lowest BCUT2D eigenvalue weighted by Crippen LogP contribution is -2.30. The van der Waals surface area contributed by atoms with Gasteiger partial charge in [-0.25, -0.2) is 17.9 Å². The Balaban J connectivity index is 2.24. The zero-order valence-electron chi connectivity index (χ0n) is 11.7. The van der Waals surface area contributed by atoms with Crippen molar-refractivity contribution in [2.45, 2.75) is 17.0 Å². The van der Waals surface area contributed by atoms with Crippen LogP contribution in [0.3, 0.4) is 0 Å². The Morgan fingerprint density at radius 3 is 1.86 bits per heavy atom. The van der Waals surface area contributed by atoms with E-state index in [1.807, 2.05) is 0 Å². The molecule has 0 heterocycles. The van der Waals surface area contributed by atoms with Crippen LogP contribution in [0.15, 0.2) is 53.4 Å². The largest absolute Gasteiger partial charge is 0.387 e. The van der Waals surface area contributed by atoms with Crippen molar-refractivity contribution >= 4 is 10.0 Å². The van der Waals surface area contributed by atoms with Gasteiger partial charge in [-0.3, -0.25) is 0 Å². The minimum absolute atomic E-state index is 0.0391. The maximum Gasteiger partial charge on any atom is 0.238 e. The first-order valence-corrected chi connectivity index (χ1v) is 8.10. The number of sulfonamides is 1. The average molecular weight is 324 g/mol. The van der Waals surface area contributed by atoms with Crippen molar-refractivity contribution in [2.24, 2.45) is 10.9 Å². The quantitative estimate of drug-likeness (QED) is 0.771. The van der Waals surface area contributed by atoms with E-state index in [0.717, 1.165) is 11.1 Å². The zero-order chi connectivity index (χ0) is 16.3. The van der Waals surface area contributed by atoms with Gasteiger partial charge in [0.05, 0.1) is 17.0 Å². The van der Waals surface area contributed by atoms with Crippen LogP contribution >= 0.6 is 0 Å². The molecule has 2 atom stereocenters. The van der Waals surface area contributed by atoms with Crippen molar-refractivity contribution in [3.05, 3.63) is 54.1 Å². The summed E-state index contributed by atoms with van der Waals surface area (Å²) in [5.41, 5.74) is 7.60. The Hall–Kier alpha value is -1.80. The van der Waals surface area contributed by atoms with Gasteiger partial charge in [0.15, 0.2) is 0 Å². The number of hydrogen-bond donors (Lipinski definition) is 3. The van der Waals surface area contributed by atoms with Crippen LogP contribution in [0.5, 0.6) is 0 Å². The molecule has 118 valence electrons. The highest BCUT2D eigenvalue weighted by Crippen LogP contribution is 2.24. The van der Waals surface area contributed by atoms with Crippen LogP contribution < -0.4 is 10.9 Å². The maximum absolute atomic E-state index is 12.5. The van der Waals surface area contributed by atoms with Gasteiger partial charge in [0.2, 0.25) is 10.0 Å². The minimum Gasteiger partial charge on any atom is -0.387 e. The predicted molar refractivity (Wildman–Crippen MR) is 82.2 cm³/mol. The van der Waals surface area contributed by atoms with E-state index >= 15 is 0 Å². The molecule has 5 nitrogen and oxygen atoms in total. The fraction of sp³-hybridized carbons (Fsp3) is 0.200. The number of benzene rings is 2. The van der Waals surface area contributed by atoms with Gasteiger partial charge in [-0.1, -0.05) is 36.4 Å². The summed E-state index contributed by atoms with van der Waals surface area (Å²) in [5, 5.41) is 14.9. The third-order valence-electron chi connectivity index (χ3n) is 3.35. The lowest BCUT2D eigenvalue weighted by Gasteiger charge is -2.16. The molecule has 0 aliphatic rings. The van der Waals surface area contributed by atoms with Crippen molar-refractivity contribution in [3.8, 4) is 11.1 Å². The lowest BCUT2D eigenvalue weighted by molar-refractivity contribution is 0.132. The summed E-state index contributed by atoms with van der Waals surface area (Å²) in [5.74, 6) is 0. The average Bonchev–Trinajstić information content (AvgIpc) is 2.53. The number of aliphatic hydroxyl groups excluding tert-OH is 1. The number of alkyl halides is 1. The summed E-state index contributed by atoms with van der Waals surface area (Å²) in [6.45, 7) is -0.808. The van der Waals surface area contributed by atoms with Crippen molar-refractivity contribution in [2.75, 3.05) is 6.67 Å². The van der Waals surface area contributed by atoms with Crippen LogP contribution in [0.1, 0.15) is 11.7 Å². The van der Waals surface area contributed by atoms with Crippen LogP contribution in [0.2, 0.25) is 0 Å². The molecule has 0 aromatic heterocycles. The molecule has 5 N–H and O–H groups in total. The van der Waals surface area contributed by atoms with Crippen molar-refractivity contribution in [3.63, 3.8) is 0 Å². The third kappa shape index (κ3) is 3.69. The first-order valence-electron chi connectivity index (χ1n) is 6.55. The summed E-state index contributed by atoms with van der Waals surface area (Å²) in [6.07, 6.45) is -1.07. The van der Waals surface area contributed by atoms with Crippen molar-refractivity contribution < 1.29 is 17.9 Å². The van der Waals surface area contributed by atoms with Crippen LogP contribution in [0.4, 0.5) is 4.39 Å². The van der Waals surface area contributed by atoms with E-state index in [0.29, 0.717) is 5.56 Å². The number of halogens is 1. The monoisotopic (exact) mass is 324 g/mol. The van der Waals surface area contributed by atoms with Crippen molar-refractivity contribution in [1.29, 1.82) is 0 Å². The van der Waals surface area contributed by atoms with Gasteiger partial charge >= 0.3 is 0 Å². The Bertz CT molecular complexity index is 730. The molecule has 0 amide bonds. The highest BCUT2D eigenvalue weighted by atomic mass is 32.2. The van der Waals surface area contributed by atoms with Gasteiger partial charge in [-0.15, -0.1) is 0 Å². The molecular weight excluding hydrogens is 307 g/mol. The third-order valence-corrected chi connectivity index (χ3v) is 4.28. The Morgan fingerprint density at radius 2 is 1.45 bits per heavy atom. The van der Waals surface area contributed by atoms with Gasteiger partial charge in [0.1, 0.15) is 6.67 Å². The first-order chi connectivity index (χ1) is 10.3. The van der Waals surface area contributed by atoms with E-state index in [4.69, 9.17) is 10.9 Å². The van der Waals surface area contributed by atoms with E-state index < -0.39 is 28.8 Å². The van der Waals surface area contributed by atoms with E-state index in [1.165, 1.54) is 12.1 Å². The number of nitrogens with two attached hydrogens (primary N) is 2. The van der Waals surface area contributed by atoms with Crippen LogP contribution in [-0.2, 0) is 10.0 Å². The predicted octanol–water partition coefficient (Wildman–Crippen LogP) is 1.33. The standard InChI is InChI=1S/C15H17FN2O3S/c16-9-14(17)15(19)12-3-1-10(2-4-12)11-5-7-13(8-6-11)22(18,20)21/h1-8,14-15,19H,9,17H2,(H2,18,20,21)/t14-,15-/m1/s1. The second kappa shape index (κ2) is 6.53. The number of primary sulfonamides is 1. The Kier molecular flexibility index (Phi) is 4.92. The number of hydrogen-bond acceptors (Lipinski definition) is 4. The summed E-state index contributed by atoms with van der Waals surface area (Å²) >= 11 is 0. The maximum atomic E-state index is 12.5. The van der Waals surface area contributed by atoms with E-state index in [-0.39, 0.29) is 4.90 Å². The minimum atomic E-state index is -3.71. The topological polar surface area (TPSA) is 106 Å². The lowest BCUT2D eigenvalue weighted by atomic mass is 9.99. The highest BCUT2D eigenvalue weighted by molar-refractivity contribution is 7.89. The Labute approximate surface area is 128 Å². The number of rotatable bonds is 5. The molecule has 7 heteroatoms. The summed E-state index contributed by atoms with van der Waals surface area (Å²) in [6, 6.07) is 12.0. The molecule has 0 unspecified atom stereocenters. The fourth-order valence-corrected chi connectivity index (χ4v) is 2.56. The summed E-state index contributed by atoms with van der Waals surface area (Å²) in [4.78, 5) is 0.0391. The molecule has 0 saturated carbocycles. The van der Waals surface area contributed by atoms with Gasteiger partial charge in [-0.05, 0) is 28.8 Å². The first kappa shape index (κ1) is 16.6. The normalized spacial score (nSPS) is 14.5. The molecule has 0 aliphatic heterocycles. The molecule has 2 rings (SSSR count). The SMILES string of the molecule is N[C@H](CF)[C@H](O)c1ccc(-c2ccc(S(N)(=O)=O)cc2)cc1. The smallest absolute Gasteiger partial charge is 0.238 e. The molecule has 0 radical (unpaired) electrons. The molecule has 22 heavy (non-hydrogen) atoms. The molecule has 0 fully saturated rings.